The van der Waals surface area contributed by atoms with Gasteiger partial charge in [-0.05, 0) is 13.0 Å². The number of nitrogens with one attached hydrogen (secondary N) is 2. The van der Waals surface area contributed by atoms with E-state index in [1.165, 1.54) is 11.3 Å². The highest BCUT2D eigenvalue weighted by atomic mass is 32.1. The van der Waals surface area contributed by atoms with Gasteiger partial charge in [-0.3, -0.25) is 9.89 Å². The van der Waals surface area contributed by atoms with Crippen molar-refractivity contribution in [1.82, 2.24) is 25.1 Å². The summed E-state index contributed by atoms with van der Waals surface area (Å²) in [6.07, 6.45) is 3.29. The predicted octanol–water partition coefficient (Wildman–Crippen LogP) is 3.55. The van der Waals surface area contributed by atoms with E-state index in [4.69, 9.17) is 0 Å². The predicted molar refractivity (Wildman–Crippen MR) is 99.9 cm³/mol. The number of hydrogen-bond donors (Lipinski definition) is 2. The number of hydrogen-bond acceptors (Lipinski definition) is 6. The van der Waals surface area contributed by atoms with E-state index in [0.29, 0.717) is 27.9 Å². The first-order chi connectivity index (χ1) is 12.7. The maximum absolute atomic E-state index is 12.6. The first kappa shape index (κ1) is 16.1. The number of benzene rings is 1. The zero-order valence-corrected chi connectivity index (χ0v) is 14.6. The monoisotopic (exact) mass is 362 g/mol. The number of H-pyrrole nitrogens is 1. The quantitative estimate of drug-likeness (QED) is 0.579. The summed E-state index contributed by atoms with van der Waals surface area (Å²) in [5.74, 6) is 0.200. The van der Waals surface area contributed by atoms with Crippen LogP contribution in [0.25, 0.3) is 22.1 Å². The molecule has 0 saturated heterocycles. The van der Waals surface area contributed by atoms with Crippen LogP contribution in [-0.2, 0) is 0 Å². The highest BCUT2D eigenvalue weighted by Gasteiger charge is 2.18. The van der Waals surface area contributed by atoms with E-state index in [-0.39, 0.29) is 5.91 Å². The topological polar surface area (TPSA) is 96.5 Å². The third kappa shape index (κ3) is 3.09. The van der Waals surface area contributed by atoms with Crippen LogP contribution in [0.4, 0.5) is 5.69 Å². The van der Waals surface area contributed by atoms with Gasteiger partial charge in [0, 0.05) is 23.3 Å². The van der Waals surface area contributed by atoms with Gasteiger partial charge < -0.3 is 5.32 Å². The smallest absolute Gasteiger partial charge is 0.275 e. The van der Waals surface area contributed by atoms with Crippen molar-refractivity contribution in [3.8, 4) is 22.1 Å². The van der Waals surface area contributed by atoms with Gasteiger partial charge in [-0.25, -0.2) is 15.0 Å². The second-order valence-corrected chi connectivity index (χ2v) is 6.36. The highest BCUT2D eigenvalue weighted by Crippen LogP contribution is 2.29. The van der Waals surface area contributed by atoms with Crippen LogP contribution in [0.5, 0.6) is 0 Å². The Hall–Kier alpha value is -3.39. The lowest BCUT2D eigenvalue weighted by molar-refractivity contribution is 0.102. The van der Waals surface area contributed by atoms with Crippen molar-refractivity contribution in [2.75, 3.05) is 5.32 Å². The number of aromatic amines is 1. The number of rotatable bonds is 4. The number of carbonyl (C=O) groups excluding carboxylic acids is 1. The molecule has 26 heavy (non-hydrogen) atoms. The first-order valence-electron chi connectivity index (χ1n) is 7.87. The zero-order valence-electron chi connectivity index (χ0n) is 13.8. The fourth-order valence-electron chi connectivity index (χ4n) is 2.45. The van der Waals surface area contributed by atoms with Crippen LogP contribution in [0, 0.1) is 6.92 Å². The van der Waals surface area contributed by atoms with Gasteiger partial charge in [0.25, 0.3) is 5.91 Å². The number of thiazole rings is 1. The van der Waals surface area contributed by atoms with E-state index < -0.39 is 0 Å². The van der Waals surface area contributed by atoms with Crippen molar-refractivity contribution < 1.29 is 4.79 Å². The number of aromatic nitrogens is 5. The summed E-state index contributed by atoms with van der Waals surface area (Å²) in [6.45, 7) is 1.86. The minimum Gasteiger partial charge on any atom is -0.317 e. The summed E-state index contributed by atoms with van der Waals surface area (Å²) in [5.41, 5.74) is 3.35. The second-order valence-electron chi connectivity index (χ2n) is 5.50. The summed E-state index contributed by atoms with van der Waals surface area (Å²) in [6, 6.07) is 11.4. The van der Waals surface area contributed by atoms with E-state index in [9.17, 15) is 4.79 Å². The van der Waals surface area contributed by atoms with Crippen LogP contribution in [-0.4, -0.2) is 31.1 Å². The van der Waals surface area contributed by atoms with E-state index in [0.717, 1.165) is 11.3 Å². The van der Waals surface area contributed by atoms with Crippen molar-refractivity contribution in [2.24, 2.45) is 0 Å². The molecule has 4 rings (SSSR count). The van der Waals surface area contributed by atoms with Crippen molar-refractivity contribution in [1.29, 1.82) is 0 Å². The Balaban J connectivity index is 1.60. The largest absolute Gasteiger partial charge is 0.317 e. The molecule has 3 heterocycles. The molecule has 0 saturated carbocycles. The van der Waals surface area contributed by atoms with E-state index in [2.05, 4.69) is 30.5 Å². The van der Waals surface area contributed by atoms with Gasteiger partial charge in [0.15, 0.2) is 10.8 Å². The molecule has 7 nitrogen and oxygen atoms in total. The van der Waals surface area contributed by atoms with Crippen LogP contribution in [0.3, 0.4) is 0 Å². The van der Waals surface area contributed by atoms with Gasteiger partial charge >= 0.3 is 0 Å². The van der Waals surface area contributed by atoms with Crippen molar-refractivity contribution in [2.45, 2.75) is 6.92 Å². The van der Waals surface area contributed by atoms with Crippen LogP contribution in [0.2, 0.25) is 0 Å². The molecular weight excluding hydrogens is 348 g/mol. The van der Waals surface area contributed by atoms with E-state index >= 15 is 0 Å². The fourth-order valence-corrected chi connectivity index (χ4v) is 3.20. The number of amides is 1. The van der Waals surface area contributed by atoms with Gasteiger partial charge in [0.1, 0.15) is 11.4 Å². The molecule has 0 aliphatic heterocycles. The number of anilines is 1. The van der Waals surface area contributed by atoms with Crippen molar-refractivity contribution in [3.63, 3.8) is 0 Å². The molecule has 3 aromatic heterocycles. The molecular formula is C18H14N6OS. The van der Waals surface area contributed by atoms with E-state index in [1.807, 2.05) is 37.3 Å². The van der Waals surface area contributed by atoms with Crippen LogP contribution in [0.1, 0.15) is 16.2 Å². The molecule has 128 valence electrons. The van der Waals surface area contributed by atoms with Gasteiger partial charge in [-0.2, -0.15) is 5.10 Å². The summed E-state index contributed by atoms with van der Waals surface area (Å²) in [5, 5.41) is 12.4. The van der Waals surface area contributed by atoms with Crippen molar-refractivity contribution >= 4 is 22.9 Å². The summed E-state index contributed by atoms with van der Waals surface area (Å²) in [7, 11) is 0. The third-order valence-electron chi connectivity index (χ3n) is 3.73. The molecule has 0 atom stereocenters. The Morgan fingerprint density at radius 2 is 1.88 bits per heavy atom. The van der Waals surface area contributed by atoms with Crippen LogP contribution < -0.4 is 5.32 Å². The summed E-state index contributed by atoms with van der Waals surface area (Å²) in [4.78, 5) is 25.3. The minimum atomic E-state index is -0.301. The number of carbonyl (C=O) groups is 1. The molecule has 2 N–H and O–H groups in total. The van der Waals surface area contributed by atoms with Gasteiger partial charge in [-0.1, -0.05) is 30.3 Å². The Bertz CT molecular complexity index is 1040. The molecule has 0 unspecified atom stereocenters. The Kier molecular flexibility index (Phi) is 4.24. The van der Waals surface area contributed by atoms with Crippen molar-refractivity contribution in [3.05, 3.63) is 65.6 Å². The molecule has 4 aromatic rings. The van der Waals surface area contributed by atoms with Gasteiger partial charge in [-0.15, -0.1) is 11.3 Å². The lowest BCUT2D eigenvalue weighted by atomic mass is 10.1. The molecule has 1 amide bonds. The second kappa shape index (κ2) is 6.85. The van der Waals surface area contributed by atoms with Gasteiger partial charge in [0.05, 0.1) is 11.4 Å². The Morgan fingerprint density at radius 3 is 2.65 bits per heavy atom. The molecule has 0 radical (unpaired) electrons. The summed E-state index contributed by atoms with van der Waals surface area (Å²) < 4.78 is 0. The first-order valence-corrected chi connectivity index (χ1v) is 8.75. The lowest BCUT2D eigenvalue weighted by Gasteiger charge is -2.05. The third-order valence-corrected chi connectivity index (χ3v) is 4.57. The standard InChI is InChI=1S/C18H14N6OS/c1-11-14(15(24-23-11)12-6-3-2-4-7-12)22-17(25)13-10-26-18(21-13)16-19-8-5-9-20-16/h2-10H,1H3,(H,22,25)(H,23,24). The molecule has 0 aliphatic rings. The maximum Gasteiger partial charge on any atom is 0.275 e. The number of nitrogens with zero attached hydrogens (tertiary/aromatic N) is 4. The lowest BCUT2D eigenvalue weighted by Crippen LogP contribution is -2.13. The average Bonchev–Trinajstić information content (AvgIpc) is 3.31. The molecule has 0 bridgehead atoms. The zero-order chi connectivity index (χ0) is 17.9. The highest BCUT2D eigenvalue weighted by molar-refractivity contribution is 7.13. The summed E-state index contributed by atoms with van der Waals surface area (Å²) >= 11 is 1.33. The van der Waals surface area contributed by atoms with Crippen LogP contribution >= 0.6 is 11.3 Å². The van der Waals surface area contributed by atoms with E-state index in [1.54, 1.807) is 23.8 Å². The normalized spacial score (nSPS) is 10.7. The Morgan fingerprint density at radius 1 is 1.12 bits per heavy atom. The fraction of sp³-hybridized carbons (Fsp3) is 0.0556. The van der Waals surface area contributed by atoms with Gasteiger partial charge in [0.2, 0.25) is 0 Å². The molecule has 0 fully saturated rings. The molecule has 0 aliphatic carbocycles. The maximum atomic E-state index is 12.6. The van der Waals surface area contributed by atoms with Crippen LogP contribution in [0.15, 0.2) is 54.2 Å². The average molecular weight is 362 g/mol. The molecule has 1 aromatic carbocycles. The molecule has 8 heteroatoms. The molecule has 0 spiro atoms. The SMILES string of the molecule is Cc1[nH]nc(-c2ccccc2)c1NC(=O)c1csc(-c2ncccn2)n1. The Labute approximate surface area is 153 Å². The minimum absolute atomic E-state index is 0.301. The number of aryl methyl sites for hydroxylation is 1.